The highest BCUT2D eigenvalue weighted by Gasteiger charge is 2.28. The van der Waals surface area contributed by atoms with Crippen LogP contribution in [-0.2, 0) is 11.3 Å². The molecule has 1 aromatic carbocycles. The molecule has 0 N–H and O–H groups in total. The zero-order valence-corrected chi connectivity index (χ0v) is 19.0. The number of amides is 1. The van der Waals surface area contributed by atoms with E-state index in [2.05, 4.69) is 10.4 Å². The first-order chi connectivity index (χ1) is 14.9. The minimum Gasteiger partial charge on any atom is -0.487 e. The highest BCUT2D eigenvalue weighted by molar-refractivity contribution is 7.09. The third-order valence-electron chi connectivity index (χ3n) is 5.09. The molecule has 8 heteroatoms. The monoisotopic (exact) mass is 440 g/mol. The lowest BCUT2D eigenvalue weighted by Gasteiger charge is -2.32. The summed E-state index contributed by atoms with van der Waals surface area (Å²) >= 11 is 1.68. The maximum absolute atomic E-state index is 12.2. The molecule has 0 saturated carbocycles. The van der Waals surface area contributed by atoms with Gasteiger partial charge in [-0.05, 0) is 57.9 Å². The van der Waals surface area contributed by atoms with Crippen LogP contribution < -0.4 is 4.74 Å². The quantitative estimate of drug-likeness (QED) is 0.557. The Kier molecular flexibility index (Phi) is 6.27. The Morgan fingerprint density at radius 2 is 1.94 bits per heavy atom. The average molecular weight is 441 g/mol. The fourth-order valence-corrected chi connectivity index (χ4v) is 4.47. The number of carbonyl (C=O) groups is 1. The van der Waals surface area contributed by atoms with Crippen LogP contribution in [0.4, 0.5) is 4.79 Å². The van der Waals surface area contributed by atoms with Crippen molar-refractivity contribution in [3.8, 4) is 11.4 Å². The van der Waals surface area contributed by atoms with Gasteiger partial charge in [-0.15, -0.1) is 11.3 Å². The number of thiazole rings is 1. The summed E-state index contributed by atoms with van der Waals surface area (Å²) in [7, 11) is 0. The Labute approximate surface area is 186 Å². The highest BCUT2D eigenvalue weighted by atomic mass is 32.1. The van der Waals surface area contributed by atoms with E-state index in [-0.39, 0.29) is 6.09 Å². The fourth-order valence-electron chi connectivity index (χ4n) is 3.50. The lowest BCUT2D eigenvalue weighted by atomic mass is 9.98. The van der Waals surface area contributed by atoms with Crippen molar-refractivity contribution in [3.05, 3.63) is 59.1 Å². The van der Waals surface area contributed by atoms with Gasteiger partial charge in [0.25, 0.3) is 0 Å². The molecule has 3 heterocycles. The van der Waals surface area contributed by atoms with Gasteiger partial charge in [-0.2, -0.15) is 0 Å². The van der Waals surface area contributed by atoms with Crippen LogP contribution in [-0.4, -0.2) is 44.2 Å². The van der Waals surface area contributed by atoms with Gasteiger partial charge in [0.2, 0.25) is 0 Å². The normalized spacial score (nSPS) is 15.1. The first kappa shape index (κ1) is 21.4. The molecule has 2 aromatic heterocycles. The van der Waals surface area contributed by atoms with Crippen LogP contribution in [0.5, 0.6) is 5.75 Å². The van der Waals surface area contributed by atoms with Crippen molar-refractivity contribution in [2.75, 3.05) is 13.1 Å². The number of rotatable bonds is 5. The van der Waals surface area contributed by atoms with Crippen LogP contribution in [0, 0.1) is 0 Å². The van der Waals surface area contributed by atoms with Crippen LogP contribution in [0.2, 0.25) is 0 Å². The zero-order valence-electron chi connectivity index (χ0n) is 18.2. The second-order valence-electron chi connectivity index (χ2n) is 8.67. The molecule has 31 heavy (non-hydrogen) atoms. The van der Waals surface area contributed by atoms with Crippen LogP contribution in [0.15, 0.2) is 48.4 Å². The fraction of sp³-hybridized carbons (Fsp3) is 0.435. The third-order valence-corrected chi connectivity index (χ3v) is 6.15. The van der Waals surface area contributed by atoms with Crippen molar-refractivity contribution in [2.45, 2.75) is 51.7 Å². The minimum absolute atomic E-state index is 0.224. The topological polar surface area (TPSA) is 69.5 Å². The molecule has 0 unspecified atom stereocenters. The molecule has 3 aromatic rings. The Bertz CT molecular complexity index is 985. The predicted molar refractivity (Wildman–Crippen MR) is 120 cm³/mol. The first-order valence-electron chi connectivity index (χ1n) is 10.5. The summed E-state index contributed by atoms with van der Waals surface area (Å²) < 4.78 is 13.3. The smallest absolute Gasteiger partial charge is 0.410 e. The van der Waals surface area contributed by atoms with E-state index in [9.17, 15) is 4.79 Å². The summed E-state index contributed by atoms with van der Waals surface area (Å²) in [5.41, 5.74) is 1.52. The number of likely N-dealkylation sites (tertiary alicyclic amines) is 1. The Morgan fingerprint density at radius 1 is 1.19 bits per heavy atom. The zero-order chi connectivity index (χ0) is 21.8. The van der Waals surface area contributed by atoms with Crippen molar-refractivity contribution in [2.24, 2.45) is 0 Å². The van der Waals surface area contributed by atoms with Crippen molar-refractivity contribution in [1.29, 1.82) is 0 Å². The summed E-state index contributed by atoms with van der Waals surface area (Å²) in [6.07, 6.45) is 7.02. The lowest BCUT2D eigenvalue weighted by Crippen LogP contribution is -2.41. The van der Waals surface area contributed by atoms with Gasteiger partial charge in [-0.25, -0.2) is 14.8 Å². The largest absolute Gasteiger partial charge is 0.487 e. The van der Waals surface area contributed by atoms with Crippen molar-refractivity contribution >= 4 is 17.4 Å². The third kappa shape index (κ3) is 5.64. The molecule has 0 aliphatic carbocycles. The molecular weight excluding hydrogens is 412 g/mol. The van der Waals surface area contributed by atoms with E-state index in [1.54, 1.807) is 28.8 Å². The van der Waals surface area contributed by atoms with Gasteiger partial charge in [-0.3, -0.25) is 0 Å². The lowest BCUT2D eigenvalue weighted by molar-refractivity contribution is 0.0204. The van der Waals surface area contributed by atoms with Crippen molar-refractivity contribution in [3.63, 3.8) is 0 Å². The molecule has 0 spiro atoms. The highest BCUT2D eigenvalue weighted by Crippen LogP contribution is 2.31. The number of benzene rings is 1. The molecular formula is C23H28N4O3S. The standard InChI is InChI=1S/C23H28N4O3S/c1-23(2,3)30-22(28)26-11-8-17(9-12-26)21-25-18(15-31-21)14-29-20-6-4-19(5-7-20)27-13-10-24-16-27/h4-7,10,13,15-17H,8-9,11-12,14H2,1-3H3. The summed E-state index contributed by atoms with van der Waals surface area (Å²) in [4.78, 5) is 22.9. The summed E-state index contributed by atoms with van der Waals surface area (Å²) in [6, 6.07) is 7.91. The average Bonchev–Trinajstić information content (AvgIpc) is 3.44. The van der Waals surface area contributed by atoms with Gasteiger partial charge < -0.3 is 18.9 Å². The van der Waals surface area contributed by atoms with E-state index in [0.717, 1.165) is 35.0 Å². The molecule has 0 bridgehead atoms. The molecule has 4 rings (SSSR count). The van der Waals surface area contributed by atoms with Crippen molar-refractivity contribution in [1.82, 2.24) is 19.4 Å². The van der Waals surface area contributed by atoms with E-state index in [0.29, 0.717) is 25.6 Å². The number of hydrogen-bond donors (Lipinski definition) is 0. The number of hydrogen-bond acceptors (Lipinski definition) is 6. The molecule has 0 radical (unpaired) electrons. The Balaban J connectivity index is 1.27. The second-order valence-corrected chi connectivity index (χ2v) is 9.56. The first-order valence-corrected chi connectivity index (χ1v) is 11.4. The Hall–Kier alpha value is -2.87. The molecule has 1 saturated heterocycles. The van der Waals surface area contributed by atoms with Gasteiger partial charge >= 0.3 is 6.09 Å². The van der Waals surface area contributed by atoms with Gasteiger partial charge in [0.05, 0.1) is 17.0 Å². The van der Waals surface area contributed by atoms with Gasteiger partial charge in [0.1, 0.15) is 18.0 Å². The van der Waals surface area contributed by atoms with Gasteiger partial charge in [0.15, 0.2) is 0 Å². The second kappa shape index (κ2) is 9.09. The van der Waals surface area contributed by atoms with E-state index in [4.69, 9.17) is 14.5 Å². The van der Waals surface area contributed by atoms with Crippen molar-refractivity contribution < 1.29 is 14.3 Å². The summed E-state index contributed by atoms with van der Waals surface area (Å²) in [5.74, 6) is 1.19. The number of piperidine rings is 1. The molecule has 7 nitrogen and oxygen atoms in total. The summed E-state index contributed by atoms with van der Waals surface area (Å²) in [5, 5.41) is 3.19. The Morgan fingerprint density at radius 3 is 2.58 bits per heavy atom. The molecule has 164 valence electrons. The van der Waals surface area contributed by atoms with Crippen LogP contribution in [0.25, 0.3) is 5.69 Å². The van der Waals surface area contributed by atoms with E-state index in [1.807, 2.05) is 55.8 Å². The van der Waals surface area contributed by atoms with Gasteiger partial charge in [-0.1, -0.05) is 0 Å². The van der Waals surface area contributed by atoms with E-state index >= 15 is 0 Å². The van der Waals surface area contributed by atoms with Crippen LogP contribution in [0.1, 0.15) is 50.2 Å². The number of carbonyl (C=O) groups excluding carboxylic acids is 1. The minimum atomic E-state index is -0.460. The molecule has 1 fully saturated rings. The van der Waals surface area contributed by atoms with E-state index < -0.39 is 5.60 Å². The molecule has 0 atom stereocenters. The number of aromatic nitrogens is 3. The molecule has 1 aliphatic heterocycles. The van der Waals surface area contributed by atoms with Gasteiger partial charge in [0, 0.05) is 42.5 Å². The maximum atomic E-state index is 12.2. The molecule has 1 aliphatic rings. The van der Waals surface area contributed by atoms with Crippen LogP contribution in [0.3, 0.4) is 0 Å². The SMILES string of the molecule is CC(C)(C)OC(=O)N1CCC(c2nc(COc3ccc(-n4ccnc4)cc3)cs2)CC1. The number of imidazole rings is 1. The summed E-state index contributed by atoms with van der Waals surface area (Å²) in [6.45, 7) is 7.53. The maximum Gasteiger partial charge on any atom is 0.410 e. The predicted octanol–water partition coefficient (Wildman–Crippen LogP) is 5.02. The number of ether oxygens (including phenoxy) is 2. The van der Waals surface area contributed by atoms with Crippen LogP contribution >= 0.6 is 11.3 Å². The number of nitrogens with zero attached hydrogens (tertiary/aromatic N) is 4. The van der Waals surface area contributed by atoms with E-state index in [1.165, 1.54) is 0 Å². The molecule has 1 amide bonds.